The molecule has 1 atom stereocenters. The van der Waals surface area contributed by atoms with Gasteiger partial charge in [-0.05, 0) is 24.6 Å². The Hall–Kier alpha value is -1.42. The number of nitrogens with zero attached hydrogens (tertiary/aromatic N) is 1. The van der Waals surface area contributed by atoms with Crippen LogP contribution in [-0.4, -0.2) is 13.1 Å². The fourth-order valence-corrected chi connectivity index (χ4v) is 1.51. The molecule has 1 rings (SSSR count). The van der Waals surface area contributed by atoms with Crippen molar-refractivity contribution >= 4 is 17.6 Å². The van der Waals surface area contributed by atoms with Crippen LogP contribution in [0.25, 0.3) is 0 Å². The van der Waals surface area contributed by atoms with Crippen LogP contribution in [0, 0.1) is 0 Å². The predicted octanol–water partition coefficient (Wildman–Crippen LogP) is 1.68. The van der Waals surface area contributed by atoms with E-state index in [0.29, 0.717) is 10.8 Å². The van der Waals surface area contributed by atoms with Gasteiger partial charge in [0.1, 0.15) is 5.75 Å². The highest BCUT2D eigenvalue weighted by Crippen LogP contribution is 2.28. The quantitative estimate of drug-likeness (QED) is 0.610. The summed E-state index contributed by atoms with van der Waals surface area (Å²) in [5, 5.41) is 0.549. The van der Waals surface area contributed by atoms with Crippen LogP contribution in [-0.2, 0) is 0 Å². The van der Waals surface area contributed by atoms with Gasteiger partial charge in [0.2, 0.25) is 0 Å². The second-order valence-electron chi connectivity index (χ2n) is 3.12. The molecule has 1 aromatic carbocycles. The van der Waals surface area contributed by atoms with Gasteiger partial charge in [-0.3, -0.25) is 0 Å². The Morgan fingerprint density at radius 1 is 1.47 bits per heavy atom. The smallest absolute Gasteiger partial charge is 0.186 e. The van der Waals surface area contributed by atoms with E-state index in [1.165, 1.54) is 0 Å². The van der Waals surface area contributed by atoms with Crippen molar-refractivity contribution in [2.45, 2.75) is 13.0 Å². The first-order valence-corrected chi connectivity index (χ1v) is 4.84. The highest BCUT2D eigenvalue weighted by atomic mass is 35.5. The van der Waals surface area contributed by atoms with Crippen LogP contribution >= 0.6 is 11.6 Å². The monoisotopic (exact) mass is 227 g/mol. The molecule has 15 heavy (non-hydrogen) atoms. The van der Waals surface area contributed by atoms with Crippen LogP contribution in [0.15, 0.2) is 23.2 Å². The Morgan fingerprint density at radius 3 is 2.60 bits per heavy atom. The van der Waals surface area contributed by atoms with Gasteiger partial charge in [0.15, 0.2) is 5.96 Å². The summed E-state index contributed by atoms with van der Waals surface area (Å²) in [5.74, 6) is 0.701. The number of aliphatic imine (C=N–C) groups is 1. The summed E-state index contributed by atoms with van der Waals surface area (Å²) < 4.78 is 5.04. The van der Waals surface area contributed by atoms with E-state index in [0.717, 1.165) is 5.56 Å². The van der Waals surface area contributed by atoms with Crippen LogP contribution in [0.3, 0.4) is 0 Å². The molecule has 0 spiro atoms. The van der Waals surface area contributed by atoms with E-state index in [9.17, 15) is 0 Å². The van der Waals surface area contributed by atoms with Gasteiger partial charge in [-0.2, -0.15) is 0 Å². The number of rotatable bonds is 3. The number of nitrogens with two attached hydrogens (primary N) is 2. The molecule has 0 fully saturated rings. The van der Waals surface area contributed by atoms with Crippen LogP contribution in [0.4, 0.5) is 0 Å². The topological polar surface area (TPSA) is 73.6 Å². The number of ether oxygens (including phenoxy) is 1. The van der Waals surface area contributed by atoms with E-state index in [4.69, 9.17) is 27.8 Å². The molecular weight excluding hydrogens is 214 g/mol. The van der Waals surface area contributed by atoms with Gasteiger partial charge in [0.05, 0.1) is 18.2 Å². The molecule has 0 unspecified atom stereocenters. The van der Waals surface area contributed by atoms with Gasteiger partial charge >= 0.3 is 0 Å². The summed E-state index contributed by atoms with van der Waals surface area (Å²) in [4.78, 5) is 4.02. The number of hydrogen-bond acceptors (Lipinski definition) is 2. The fraction of sp³-hybridized carbons (Fsp3) is 0.300. The van der Waals surface area contributed by atoms with E-state index in [2.05, 4.69) is 4.99 Å². The Labute approximate surface area is 93.9 Å². The van der Waals surface area contributed by atoms with Crippen molar-refractivity contribution < 1.29 is 4.74 Å². The lowest BCUT2D eigenvalue weighted by Gasteiger charge is -2.09. The van der Waals surface area contributed by atoms with Gasteiger partial charge in [0.25, 0.3) is 0 Å². The van der Waals surface area contributed by atoms with Crippen LogP contribution in [0.1, 0.15) is 18.5 Å². The lowest BCUT2D eigenvalue weighted by atomic mass is 10.1. The molecule has 0 saturated heterocycles. The number of guanidine groups is 1. The second-order valence-corrected chi connectivity index (χ2v) is 3.53. The molecule has 0 radical (unpaired) electrons. The van der Waals surface area contributed by atoms with Crippen molar-refractivity contribution in [3.63, 3.8) is 0 Å². The Balaban J connectivity index is 2.97. The van der Waals surface area contributed by atoms with Gasteiger partial charge in [-0.25, -0.2) is 4.99 Å². The second kappa shape index (κ2) is 4.89. The molecule has 0 aromatic heterocycles. The zero-order valence-corrected chi connectivity index (χ0v) is 9.45. The van der Waals surface area contributed by atoms with Crippen LogP contribution in [0.2, 0.25) is 5.02 Å². The molecule has 4 nitrogen and oxygen atoms in total. The number of methoxy groups -OCH3 is 1. The molecule has 0 aliphatic rings. The third-order valence-electron chi connectivity index (χ3n) is 2.00. The summed E-state index contributed by atoms with van der Waals surface area (Å²) in [6, 6.07) is 5.34. The minimum atomic E-state index is -0.113. The fourth-order valence-electron chi connectivity index (χ4n) is 1.24. The first kappa shape index (κ1) is 11.7. The van der Waals surface area contributed by atoms with Crippen LogP contribution in [0.5, 0.6) is 5.75 Å². The van der Waals surface area contributed by atoms with E-state index in [-0.39, 0.29) is 12.0 Å². The maximum atomic E-state index is 5.97. The van der Waals surface area contributed by atoms with Crippen molar-refractivity contribution in [3.8, 4) is 5.75 Å². The van der Waals surface area contributed by atoms with Gasteiger partial charge < -0.3 is 16.2 Å². The average Bonchev–Trinajstić information content (AvgIpc) is 2.16. The van der Waals surface area contributed by atoms with Gasteiger partial charge in [-0.15, -0.1) is 0 Å². The average molecular weight is 228 g/mol. The lowest BCUT2D eigenvalue weighted by molar-refractivity contribution is 0.415. The molecule has 4 N–H and O–H groups in total. The normalized spacial score (nSPS) is 11.9. The van der Waals surface area contributed by atoms with E-state index < -0.39 is 0 Å². The van der Waals surface area contributed by atoms with Crippen LogP contribution < -0.4 is 16.2 Å². The van der Waals surface area contributed by atoms with Crippen molar-refractivity contribution in [1.29, 1.82) is 0 Å². The summed E-state index contributed by atoms with van der Waals surface area (Å²) >= 11 is 5.97. The molecule has 0 bridgehead atoms. The SMILES string of the molecule is COc1ccc([C@@H](C)N=C(N)N)cc1Cl. The largest absolute Gasteiger partial charge is 0.495 e. The zero-order chi connectivity index (χ0) is 11.4. The minimum Gasteiger partial charge on any atom is -0.495 e. The molecular formula is C10H14ClN3O. The van der Waals surface area contributed by atoms with Gasteiger partial charge in [-0.1, -0.05) is 17.7 Å². The Bertz CT molecular complexity index is 375. The van der Waals surface area contributed by atoms with E-state index >= 15 is 0 Å². The molecule has 1 aromatic rings. The number of halogens is 1. The first-order chi connectivity index (χ1) is 7.04. The summed E-state index contributed by atoms with van der Waals surface area (Å²) in [5.41, 5.74) is 11.5. The maximum Gasteiger partial charge on any atom is 0.186 e. The summed E-state index contributed by atoms with van der Waals surface area (Å²) in [6.07, 6.45) is 0. The van der Waals surface area contributed by atoms with Crippen molar-refractivity contribution in [1.82, 2.24) is 0 Å². The van der Waals surface area contributed by atoms with Crippen molar-refractivity contribution in [3.05, 3.63) is 28.8 Å². The first-order valence-electron chi connectivity index (χ1n) is 4.46. The molecule has 0 heterocycles. The van der Waals surface area contributed by atoms with E-state index in [1.807, 2.05) is 13.0 Å². The lowest BCUT2D eigenvalue weighted by Crippen LogP contribution is -2.23. The standard InChI is InChI=1S/C10H14ClN3O/c1-6(14-10(12)13)7-3-4-9(15-2)8(11)5-7/h3-6H,1-2H3,(H4,12,13,14)/t6-/m1/s1. The Kier molecular flexibility index (Phi) is 3.80. The van der Waals surface area contributed by atoms with Crippen molar-refractivity contribution in [2.24, 2.45) is 16.5 Å². The summed E-state index contributed by atoms with van der Waals surface area (Å²) in [6.45, 7) is 1.89. The molecule has 82 valence electrons. The predicted molar refractivity (Wildman–Crippen MR) is 62.2 cm³/mol. The molecule has 0 aliphatic carbocycles. The number of hydrogen-bond donors (Lipinski definition) is 2. The van der Waals surface area contributed by atoms with Crippen molar-refractivity contribution in [2.75, 3.05) is 7.11 Å². The maximum absolute atomic E-state index is 5.97. The minimum absolute atomic E-state index is 0.0643. The highest BCUT2D eigenvalue weighted by Gasteiger charge is 2.07. The third kappa shape index (κ3) is 3.02. The van der Waals surface area contributed by atoms with E-state index in [1.54, 1.807) is 19.2 Å². The van der Waals surface area contributed by atoms with Gasteiger partial charge in [0, 0.05) is 0 Å². The highest BCUT2D eigenvalue weighted by molar-refractivity contribution is 6.32. The number of benzene rings is 1. The zero-order valence-electron chi connectivity index (χ0n) is 8.70. The Morgan fingerprint density at radius 2 is 2.13 bits per heavy atom. The molecule has 0 aliphatic heterocycles. The molecule has 0 amide bonds. The molecule has 0 saturated carbocycles. The summed E-state index contributed by atoms with van der Waals surface area (Å²) in [7, 11) is 1.57. The third-order valence-corrected chi connectivity index (χ3v) is 2.30. The molecule has 5 heteroatoms.